The van der Waals surface area contributed by atoms with E-state index in [-0.39, 0.29) is 17.9 Å². The highest BCUT2D eigenvalue weighted by atomic mass is 16.3. The van der Waals surface area contributed by atoms with Crippen LogP contribution in [0.5, 0.6) is 0 Å². The number of piperazine rings is 1. The highest BCUT2D eigenvalue weighted by Crippen LogP contribution is 2.26. The number of aromatic nitrogens is 4. The number of aliphatic hydroxyl groups is 1. The molecule has 0 aromatic carbocycles. The molecule has 24 heavy (non-hydrogen) atoms. The van der Waals surface area contributed by atoms with Crippen molar-refractivity contribution in [2.75, 3.05) is 31.1 Å². The summed E-state index contributed by atoms with van der Waals surface area (Å²) in [6, 6.07) is 1.95. The normalized spacial score (nSPS) is 25.2. The third kappa shape index (κ3) is 2.82. The van der Waals surface area contributed by atoms with Crippen molar-refractivity contribution in [3.8, 4) is 0 Å². The third-order valence-electron chi connectivity index (χ3n) is 5.10. The number of anilines is 1. The van der Waals surface area contributed by atoms with Crippen LogP contribution in [0.2, 0.25) is 0 Å². The molecule has 8 heteroatoms. The second kappa shape index (κ2) is 6.35. The number of rotatable bonds is 2. The van der Waals surface area contributed by atoms with Crippen LogP contribution in [0.3, 0.4) is 0 Å². The predicted molar refractivity (Wildman–Crippen MR) is 87.5 cm³/mol. The first-order chi connectivity index (χ1) is 11.7. The Hall–Kier alpha value is -2.22. The predicted octanol–water partition coefficient (Wildman–Crippen LogP) is 0.324. The number of aliphatic hydroxyl groups excluding tert-OH is 1. The van der Waals surface area contributed by atoms with Gasteiger partial charge in [0.05, 0.1) is 6.10 Å². The smallest absolute Gasteiger partial charge is 0.256 e. The highest BCUT2D eigenvalue weighted by Gasteiger charge is 2.31. The molecule has 1 aliphatic carbocycles. The molecule has 1 N–H and O–H groups in total. The molecule has 1 amide bonds. The van der Waals surface area contributed by atoms with Crippen molar-refractivity contribution in [2.24, 2.45) is 5.92 Å². The zero-order valence-corrected chi connectivity index (χ0v) is 13.6. The lowest BCUT2D eigenvalue weighted by atomic mass is 9.86. The van der Waals surface area contributed by atoms with Crippen molar-refractivity contribution in [3.63, 3.8) is 0 Å². The Morgan fingerprint density at radius 2 is 2.04 bits per heavy atom. The van der Waals surface area contributed by atoms with Crippen LogP contribution < -0.4 is 4.90 Å². The Morgan fingerprint density at radius 1 is 1.21 bits per heavy atom. The minimum atomic E-state index is -0.312. The quantitative estimate of drug-likeness (QED) is 0.853. The van der Waals surface area contributed by atoms with Gasteiger partial charge < -0.3 is 14.9 Å². The molecule has 0 spiro atoms. The summed E-state index contributed by atoms with van der Waals surface area (Å²) >= 11 is 0. The van der Waals surface area contributed by atoms with Crippen LogP contribution in [0, 0.1) is 5.92 Å². The fourth-order valence-corrected chi connectivity index (χ4v) is 3.79. The topological polar surface area (TPSA) is 86.9 Å². The molecule has 1 saturated heterocycles. The lowest BCUT2D eigenvalue weighted by Crippen LogP contribution is -2.51. The largest absolute Gasteiger partial charge is 0.393 e. The Balaban J connectivity index is 1.41. The van der Waals surface area contributed by atoms with E-state index in [1.54, 1.807) is 12.5 Å². The van der Waals surface area contributed by atoms with Crippen molar-refractivity contribution in [2.45, 2.75) is 31.8 Å². The van der Waals surface area contributed by atoms with Gasteiger partial charge in [-0.25, -0.2) is 4.98 Å². The van der Waals surface area contributed by atoms with E-state index < -0.39 is 0 Å². The fourth-order valence-electron chi connectivity index (χ4n) is 3.79. The summed E-state index contributed by atoms with van der Waals surface area (Å²) in [5.74, 6) is 1.79. The van der Waals surface area contributed by atoms with Gasteiger partial charge in [-0.2, -0.15) is 0 Å². The van der Waals surface area contributed by atoms with Crippen molar-refractivity contribution < 1.29 is 9.90 Å². The van der Waals surface area contributed by atoms with Gasteiger partial charge in [-0.1, -0.05) is 6.42 Å². The van der Waals surface area contributed by atoms with Gasteiger partial charge in [0.2, 0.25) is 5.91 Å². The monoisotopic (exact) mass is 330 g/mol. The molecule has 3 heterocycles. The lowest BCUT2D eigenvalue weighted by Gasteiger charge is -2.38. The van der Waals surface area contributed by atoms with E-state index >= 15 is 0 Å². The molecule has 2 aliphatic rings. The Bertz CT molecular complexity index is 724. The SMILES string of the molecule is O=C([C@H]1CCC[C@H](O)C1)N1CCN(c2ccnc3nncn23)CC1. The zero-order chi connectivity index (χ0) is 16.5. The highest BCUT2D eigenvalue weighted by molar-refractivity contribution is 5.79. The van der Waals surface area contributed by atoms with Crippen LogP contribution in [0.1, 0.15) is 25.7 Å². The number of nitrogens with zero attached hydrogens (tertiary/aromatic N) is 6. The van der Waals surface area contributed by atoms with Gasteiger partial charge in [0.25, 0.3) is 5.78 Å². The van der Waals surface area contributed by atoms with Gasteiger partial charge in [0.15, 0.2) is 0 Å². The first-order valence-electron chi connectivity index (χ1n) is 8.59. The van der Waals surface area contributed by atoms with Crippen molar-refractivity contribution >= 4 is 17.5 Å². The number of hydrogen-bond acceptors (Lipinski definition) is 6. The summed E-state index contributed by atoms with van der Waals surface area (Å²) in [6.45, 7) is 2.96. The number of amides is 1. The lowest BCUT2D eigenvalue weighted by molar-refractivity contribution is -0.138. The average Bonchev–Trinajstić information content (AvgIpc) is 3.10. The van der Waals surface area contributed by atoms with E-state index in [1.807, 2.05) is 15.4 Å². The summed E-state index contributed by atoms with van der Waals surface area (Å²) in [5, 5.41) is 17.7. The molecule has 2 aromatic rings. The molecule has 1 aliphatic heterocycles. The van der Waals surface area contributed by atoms with E-state index in [1.165, 1.54) is 0 Å². The van der Waals surface area contributed by atoms with E-state index in [2.05, 4.69) is 20.1 Å². The molecular formula is C16H22N6O2. The number of hydrogen-bond donors (Lipinski definition) is 1. The van der Waals surface area contributed by atoms with Gasteiger partial charge in [-0.15, -0.1) is 10.2 Å². The van der Waals surface area contributed by atoms with E-state index in [9.17, 15) is 9.90 Å². The van der Waals surface area contributed by atoms with E-state index in [0.717, 1.165) is 38.2 Å². The second-order valence-electron chi connectivity index (χ2n) is 6.63. The van der Waals surface area contributed by atoms with Crippen LogP contribution in [-0.4, -0.2) is 67.8 Å². The van der Waals surface area contributed by atoms with Crippen molar-refractivity contribution in [1.29, 1.82) is 0 Å². The maximum Gasteiger partial charge on any atom is 0.256 e. The Labute approximate surface area is 140 Å². The number of fused-ring (bicyclic) bond motifs is 1. The number of carbonyl (C=O) groups excluding carboxylic acids is 1. The molecule has 2 fully saturated rings. The van der Waals surface area contributed by atoms with Crippen molar-refractivity contribution in [3.05, 3.63) is 18.6 Å². The fraction of sp³-hybridized carbons (Fsp3) is 0.625. The van der Waals surface area contributed by atoms with Crippen LogP contribution in [-0.2, 0) is 4.79 Å². The molecule has 128 valence electrons. The second-order valence-corrected chi connectivity index (χ2v) is 6.63. The Kier molecular flexibility index (Phi) is 4.05. The van der Waals surface area contributed by atoms with Crippen molar-refractivity contribution in [1.82, 2.24) is 24.5 Å². The first kappa shape index (κ1) is 15.3. The standard InChI is InChI=1S/C16H22N6O2/c23-13-3-1-2-12(10-13)15(24)21-8-6-20(7-9-21)14-4-5-17-16-19-18-11-22(14)16/h4-5,11-13,23H,1-3,6-10H2/t12-,13-/m0/s1. The molecule has 0 radical (unpaired) electrons. The van der Waals surface area contributed by atoms with E-state index in [0.29, 0.717) is 25.3 Å². The van der Waals surface area contributed by atoms with Crippen LogP contribution >= 0.6 is 0 Å². The summed E-state index contributed by atoms with van der Waals surface area (Å²) < 4.78 is 1.87. The molecule has 0 unspecified atom stereocenters. The molecule has 2 aromatic heterocycles. The van der Waals surface area contributed by atoms with Gasteiger partial charge in [0.1, 0.15) is 12.1 Å². The van der Waals surface area contributed by atoms with Crippen LogP contribution in [0.15, 0.2) is 18.6 Å². The first-order valence-corrected chi connectivity index (χ1v) is 8.59. The van der Waals surface area contributed by atoms with Gasteiger partial charge in [-0.05, 0) is 25.3 Å². The average molecular weight is 330 g/mol. The summed E-state index contributed by atoms with van der Waals surface area (Å²) in [5.41, 5.74) is 0. The zero-order valence-electron chi connectivity index (χ0n) is 13.6. The Morgan fingerprint density at radius 3 is 2.83 bits per heavy atom. The maximum atomic E-state index is 12.7. The maximum absolute atomic E-state index is 12.7. The number of carbonyl (C=O) groups is 1. The minimum absolute atomic E-state index is 0.00854. The summed E-state index contributed by atoms with van der Waals surface area (Å²) in [6.07, 6.45) is 6.38. The molecule has 8 nitrogen and oxygen atoms in total. The van der Waals surface area contributed by atoms with Gasteiger partial charge in [-0.3, -0.25) is 9.20 Å². The van der Waals surface area contributed by atoms with Crippen LogP contribution in [0.25, 0.3) is 5.78 Å². The third-order valence-corrected chi connectivity index (χ3v) is 5.10. The summed E-state index contributed by atoms with van der Waals surface area (Å²) in [4.78, 5) is 21.0. The molecular weight excluding hydrogens is 308 g/mol. The molecule has 0 bridgehead atoms. The molecule has 1 saturated carbocycles. The summed E-state index contributed by atoms with van der Waals surface area (Å²) in [7, 11) is 0. The van der Waals surface area contributed by atoms with E-state index in [4.69, 9.17) is 0 Å². The van der Waals surface area contributed by atoms with Gasteiger partial charge >= 0.3 is 0 Å². The molecule has 4 rings (SSSR count). The minimum Gasteiger partial charge on any atom is -0.393 e. The van der Waals surface area contributed by atoms with Crippen LogP contribution in [0.4, 0.5) is 5.82 Å². The van der Waals surface area contributed by atoms with Gasteiger partial charge in [0, 0.05) is 38.3 Å². The molecule has 2 atom stereocenters.